The zero-order valence-electron chi connectivity index (χ0n) is 13.6. The Kier molecular flexibility index (Phi) is 5.51. The third-order valence-corrected chi connectivity index (χ3v) is 4.13. The van der Waals surface area contributed by atoms with Crippen LogP contribution in [-0.2, 0) is 19.3 Å². The number of rotatable bonds is 6. The number of nitrogens with zero attached hydrogens (tertiary/aromatic N) is 1. The molecule has 0 saturated heterocycles. The number of pyridine rings is 1. The highest BCUT2D eigenvalue weighted by atomic mass is 14.9. The van der Waals surface area contributed by atoms with E-state index in [0.29, 0.717) is 6.04 Å². The molecule has 21 heavy (non-hydrogen) atoms. The smallest absolute Gasteiger partial charge is 0.0419 e. The van der Waals surface area contributed by atoms with Crippen molar-refractivity contribution < 1.29 is 0 Å². The van der Waals surface area contributed by atoms with Crippen molar-refractivity contribution in [1.82, 2.24) is 10.3 Å². The fourth-order valence-electron chi connectivity index (χ4n) is 2.60. The van der Waals surface area contributed by atoms with Crippen molar-refractivity contribution >= 4 is 0 Å². The summed E-state index contributed by atoms with van der Waals surface area (Å²) in [4.78, 5) is 4.58. The summed E-state index contributed by atoms with van der Waals surface area (Å²) in [5.41, 5.74) is 6.59. The maximum Gasteiger partial charge on any atom is 0.0419 e. The van der Waals surface area contributed by atoms with E-state index in [9.17, 15) is 0 Å². The molecule has 0 aliphatic carbocycles. The van der Waals surface area contributed by atoms with Gasteiger partial charge in [0.25, 0.3) is 0 Å². The Morgan fingerprint density at radius 1 is 1.10 bits per heavy atom. The summed E-state index contributed by atoms with van der Waals surface area (Å²) in [6.07, 6.45) is 5.06. The first-order valence-corrected chi connectivity index (χ1v) is 7.79. The first-order valence-electron chi connectivity index (χ1n) is 7.79. The fraction of sp³-hybridized carbons (Fsp3) is 0.421. The van der Waals surface area contributed by atoms with Crippen molar-refractivity contribution in [2.24, 2.45) is 0 Å². The van der Waals surface area contributed by atoms with E-state index in [2.05, 4.69) is 61.4 Å². The average molecular weight is 282 g/mol. The van der Waals surface area contributed by atoms with Crippen LogP contribution < -0.4 is 5.32 Å². The Morgan fingerprint density at radius 3 is 2.52 bits per heavy atom. The minimum absolute atomic E-state index is 0.422. The van der Waals surface area contributed by atoms with Gasteiger partial charge in [0.1, 0.15) is 0 Å². The molecule has 1 N–H and O–H groups in total. The van der Waals surface area contributed by atoms with Crippen LogP contribution in [0.3, 0.4) is 0 Å². The van der Waals surface area contributed by atoms with Crippen LogP contribution in [0.15, 0.2) is 36.5 Å². The minimum atomic E-state index is 0.422. The van der Waals surface area contributed by atoms with E-state index in [0.717, 1.165) is 25.0 Å². The van der Waals surface area contributed by atoms with Gasteiger partial charge in [0.2, 0.25) is 0 Å². The van der Waals surface area contributed by atoms with Crippen molar-refractivity contribution in [3.63, 3.8) is 0 Å². The molecular weight excluding hydrogens is 256 g/mol. The van der Waals surface area contributed by atoms with Crippen molar-refractivity contribution in [2.75, 3.05) is 7.05 Å². The van der Waals surface area contributed by atoms with Gasteiger partial charge in [0.15, 0.2) is 0 Å². The van der Waals surface area contributed by atoms with Gasteiger partial charge in [0, 0.05) is 24.4 Å². The van der Waals surface area contributed by atoms with Crippen molar-refractivity contribution in [1.29, 1.82) is 0 Å². The fourth-order valence-corrected chi connectivity index (χ4v) is 2.60. The molecular formula is C19H26N2. The lowest BCUT2D eigenvalue weighted by molar-refractivity contribution is 0.549. The first-order chi connectivity index (χ1) is 10.1. The van der Waals surface area contributed by atoms with E-state index in [-0.39, 0.29) is 0 Å². The van der Waals surface area contributed by atoms with Crippen molar-refractivity contribution in [2.45, 2.75) is 46.1 Å². The summed E-state index contributed by atoms with van der Waals surface area (Å²) in [6.45, 7) is 6.51. The van der Waals surface area contributed by atoms with Gasteiger partial charge in [-0.15, -0.1) is 0 Å². The molecule has 2 heteroatoms. The Labute approximate surface area is 128 Å². The maximum absolute atomic E-state index is 4.58. The predicted molar refractivity (Wildman–Crippen MR) is 89.8 cm³/mol. The van der Waals surface area contributed by atoms with Crippen LogP contribution in [-0.4, -0.2) is 18.1 Å². The second-order valence-electron chi connectivity index (χ2n) is 5.84. The average Bonchev–Trinajstić information content (AvgIpc) is 2.51. The van der Waals surface area contributed by atoms with Crippen molar-refractivity contribution in [3.8, 4) is 0 Å². The van der Waals surface area contributed by atoms with Crippen LogP contribution in [0.25, 0.3) is 0 Å². The monoisotopic (exact) mass is 282 g/mol. The van der Waals surface area contributed by atoms with Crippen molar-refractivity contribution in [3.05, 3.63) is 64.5 Å². The molecule has 0 amide bonds. The molecule has 0 saturated carbocycles. The van der Waals surface area contributed by atoms with Gasteiger partial charge in [0.05, 0.1) is 0 Å². The quantitative estimate of drug-likeness (QED) is 0.875. The zero-order valence-corrected chi connectivity index (χ0v) is 13.6. The maximum atomic E-state index is 4.58. The van der Waals surface area contributed by atoms with Gasteiger partial charge in [-0.25, -0.2) is 0 Å². The van der Waals surface area contributed by atoms with E-state index in [1.165, 1.54) is 22.3 Å². The molecule has 0 bridgehead atoms. The highest BCUT2D eigenvalue weighted by Crippen LogP contribution is 2.14. The van der Waals surface area contributed by atoms with Gasteiger partial charge in [-0.05, 0) is 56.5 Å². The molecule has 2 nitrogen and oxygen atoms in total. The standard InChI is InChI=1S/C19H26N2/c1-5-16-8-9-18(21-13-16)12-19(20-4)11-17-10-14(2)6-7-15(17)3/h6-10,13,19-20H,5,11-12H2,1-4H3. The highest BCUT2D eigenvalue weighted by molar-refractivity contribution is 5.31. The molecule has 1 atom stereocenters. The molecule has 1 aromatic carbocycles. The van der Waals surface area contributed by atoms with Crippen LogP contribution in [0, 0.1) is 13.8 Å². The summed E-state index contributed by atoms with van der Waals surface area (Å²) >= 11 is 0. The highest BCUT2D eigenvalue weighted by Gasteiger charge is 2.11. The van der Waals surface area contributed by atoms with Gasteiger partial charge >= 0.3 is 0 Å². The molecule has 0 fully saturated rings. The number of nitrogens with one attached hydrogen (secondary N) is 1. The number of aryl methyl sites for hydroxylation is 3. The van der Waals surface area contributed by atoms with E-state index in [1.807, 2.05) is 13.2 Å². The molecule has 2 aromatic rings. The molecule has 0 radical (unpaired) electrons. The summed E-state index contributed by atoms with van der Waals surface area (Å²) in [5, 5.41) is 3.43. The molecule has 1 unspecified atom stereocenters. The second-order valence-corrected chi connectivity index (χ2v) is 5.84. The molecule has 2 rings (SSSR count). The Morgan fingerprint density at radius 2 is 1.90 bits per heavy atom. The van der Waals surface area contributed by atoms with Gasteiger partial charge in [-0.1, -0.05) is 36.8 Å². The topological polar surface area (TPSA) is 24.9 Å². The molecule has 0 aliphatic heterocycles. The lowest BCUT2D eigenvalue weighted by Gasteiger charge is -2.18. The van der Waals surface area contributed by atoms with Crippen LogP contribution in [0.1, 0.15) is 34.9 Å². The second kappa shape index (κ2) is 7.37. The number of likely N-dealkylation sites (N-methyl/N-ethyl adjacent to an activating group) is 1. The molecule has 1 heterocycles. The largest absolute Gasteiger partial charge is 0.316 e. The SMILES string of the molecule is CCc1ccc(CC(Cc2cc(C)ccc2C)NC)nc1. The minimum Gasteiger partial charge on any atom is -0.316 e. The predicted octanol–water partition coefficient (Wildman–Crippen LogP) is 3.63. The lowest BCUT2D eigenvalue weighted by Crippen LogP contribution is -2.30. The molecule has 112 valence electrons. The third kappa shape index (κ3) is 4.40. The number of aromatic nitrogens is 1. The van der Waals surface area contributed by atoms with Crippen LogP contribution in [0.4, 0.5) is 0 Å². The number of hydrogen-bond acceptors (Lipinski definition) is 2. The molecule has 0 spiro atoms. The summed E-state index contributed by atoms with van der Waals surface area (Å²) < 4.78 is 0. The zero-order chi connectivity index (χ0) is 15.2. The number of benzene rings is 1. The van der Waals surface area contributed by atoms with Gasteiger partial charge in [-0.2, -0.15) is 0 Å². The van der Waals surface area contributed by atoms with E-state index in [4.69, 9.17) is 0 Å². The number of hydrogen-bond donors (Lipinski definition) is 1. The van der Waals surface area contributed by atoms with Crippen LogP contribution in [0.2, 0.25) is 0 Å². The van der Waals surface area contributed by atoms with Crippen LogP contribution in [0.5, 0.6) is 0 Å². The molecule has 0 aliphatic rings. The van der Waals surface area contributed by atoms with Gasteiger partial charge in [-0.3, -0.25) is 4.98 Å². The van der Waals surface area contributed by atoms with E-state index >= 15 is 0 Å². The summed E-state index contributed by atoms with van der Waals surface area (Å²) in [6, 6.07) is 11.5. The normalized spacial score (nSPS) is 12.4. The third-order valence-electron chi connectivity index (χ3n) is 4.13. The summed E-state index contributed by atoms with van der Waals surface area (Å²) in [5.74, 6) is 0. The lowest BCUT2D eigenvalue weighted by atomic mass is 9.96. The Bertz CT molecular complexity index is 573. The van der Waals surface area contributed by atoms with Gasteiger partial charge < -0.3 is 5.32 Å². The van der Waals surface area contributed by atoms with E-state index in [1.54, 1.807) is 0 Å². The first kappa shape index (κ1) is 15.7. The Balaban J connectivity index is 2.07. The molecule has 1 aromatic heterocycles. The Hall–Kier alpha value is -1.67. The van der Waals surface area contributed by atoms with E-state index < -0.39 is 0 Å². The van der Waals surface area contributed by atoms with Crippen LogP contribution >= 0.6 is 0 Å². The summed E-state index contributed by atoms with van der Waals surface area (Å²) in [7, 11) is 2.04.